The largest absolute Gasteiger partial charge is 0.295 e. The molecular formula is C15H15BrN2O. The van der Waals surface area contributed by atoms with Crippen molar-refractivity contribution in [1.82, 2.24) is 4.90 Å². The van der Waals surface area contributed by atoms with Crippen molar-refractivity contribution < 1.29 is 4.79 Å². The van der Waals surface area contributed by atoms with E-state index in [1.807, 2.05) is 35.2 Å². The first-order chi connectivity index (χ1) is 9.24. The van der Waals surface area contributed by atoms with Crippen molar-refractivity contribution in [2.24, 2.45) is 4.99 Å². The highest BCUT2D eigenvalue weighted by atomic mass is 79.9. The Morgan fingerprint density at radius 1 is 1.16 bits per heavy atom. The highest BCUT2D eigenvalue weighted by molar-refractivity contribution is 9.10. The zero-order valence-electron chi connectivity index (χ0n) is 10.6. The molecule has 0 unspecified atom stereocenters. The number of nitrogens with zero attached hydrogens (tertiary/aromatic N) is 2. The zero-order chi connectivity index (χ0) is 13.2. The molecule has 0 aromatic heterocycles. The van der Waals surface area contributed by atoms with Gasteiger partial charge in [0.15, 0.2) is 0 Å². The normalized spacial score (nSPS) is 21.3. The van der Waals surface area contributed by atoms with E-state index in [0.29, 0.717) is 5.70 Å². The van der Waals surface area contributed by atoms with Gasteiger partial charge in [-0.3, -0.25) is 9.69 Å². The molecular weight excluding hydrogens is 304 g/mol. The van der Waals surface area contributed by atoms with Crippen LogP contribution in [0.2, 0.25) is 0 Å². The topological polar surface area (TPSA) is 32.7 Å². The first-order valence-corrected chi connectivity index (χ1v) is 7.40. The van der Waals surface area contributed by atoms with Gasteiger partial charge in [-0.05, 0) is 36.6 Å². The van der Waals surface area contributed by atoms with Crippen molar-refractivity contribution >= 4 is 33.7 Å². The maximum atomic E-state index is 12.3. The van der Waals surface area contributed by atoms with Gasteiger partial charge in [-0.15, -0.1) is 0 Å². The number of carbonyl (C=O) groups is 1. The number of amidine groups is 1. The van der Waals surface area contributed by atoms with Crippen LogP contribution in [0.4, 0.5) is 0 Å². The highest BCUT2D eigenvalue weighted by Gasteiger charge is 2.30. The quantitative estimate of drug-likeness (QED) is 0.728. The van der Waals surface area contributed by atoms with Crippen molar-refractivity contribution in [2.45, 2.75) is 25.7 Å². The average Bonchev–Trinajstić information content (AvgIpc) is 2.60. The van der Waals surface area contributed by atoms with Gasteiger partial charge < -0.3 is 0 Å². The molecule has 1 saturated heterocycles. The van der Waals surface area contributed by atoms with Crippen molar-refractivity contribution in [3.05, 3.63) is 40.0 Å². The minimum Gasteiger partial charge on any atom is -0.295 e. The van der Waals surface area contributed by atoms with Crippen LogP contribution in [-0.2, 0) is 4.79 Å². The summed E-state index contributed by atoms with van der Waals surface area (Å²) >= 11 is 3.41. The Balaban J connectivity index is 1.89. The third kappa shape index (κ3) is 2.63. The van der Waals surface area contributed by atoms with Gasteiger partial charge in [0.1, 0.15) is 11.5 Å². The maximum Gasteiger partial charge on any atom is 0.277 e. The first kappa shape index (κ1) is 12.6. The van der Waals surface area contributed by atoms with Crippen molar-refractivity contribution in [1.29, 1.82) is 0 Å². The molecule has 0 bridgehead atoms. The van der Waals surface area contributed by atoms with Crippen LogP contribution in [0.1, 0.15) is 31.2 Å². The molecule has 2 aliphatic heterocycles. The smallest absolute Gasteiger partial charge is 0.277 e. The summed E-state index contributed by atoms with van der Waals surface area (Å²) in [4.78, 5) is 18.7. The van der Waals surface area contributed by atoms with Gasteiger partial charge in [-0.1, -0.05) is 34.5 Å². The Hall–Kier alpha value is -1.42. The van der Waals surface area contributed by atoms with E-state index in [9.17, 15) is 4.79 Å². The van der Waals surface area contributed by atoms with Gasteiger partial charge in [0, 0.05) is 17.4 Å². The lowest BCUT2D eigenvalue weighted by molar-refractivity contribution is -0.122. The number of aliphatic imine (C=N–C) groups is 1. The maximum absolute atomic E-state index is 12.3. The molecule has 3 rings (SSSR count). The number of halogens is 1. The molecule has 1 fully saturated rings. The van der Waals surface area contributed by atoms with Crippen molar-refractivity contribution in [2.75, 3.05) is 6.54 Å². The van der Waals surface area contributed by atoms with E-state index < -0.39 is 0 Å². The predicted octanol–water partition coefficient (Wildman–Crippen LogP) is 3.60. The number of fused-ring (bicyclic) bond motifs is 1. The lowest BCUT2D eigenvalue weighted by Crippen LogP contribution is -2.31. The second kappa shape index (κ2) is 5.29. The molecule has 0 aliphatic carbocycles. The van der Waals surface area contributed by atoms with Gasteiger partial charge in [0.25, 0.3) is 5.91 Å². The Labute approximate surface area is 121 Å². The molecule has 2 heterocycles. The Morgan fingerprint density at radius 2 is 1.95 bits per heavy atom. The summed E-state index contributed by atoms with van der Waals surface area (Å²) in [5, 5.41) is 0. The molecule has 1 amide bonds. The molecule has 0 spiro atoms. The summed E-state index contributed by atoms with van der Waals surface area (Å²) in [6, 6.07) is 7.90. The second-order valence-electron chi connectivity index (χ2n) is 4.88. The molecule has 19 heavy (non-hydrogen) atoms. The van der Waals surface area contributed by atoms with E-state index in [1.54, 1.807) is 0 Å². The SMILES string of the molecule is O=C1C(=Cc2ccc(Br)cc2)N=C2CCCCCN12. The summed E-state index contributed by atoms with van der Waals surface area (Å²) in [6.07, 6.45) is 6.19. The summed E-state index contributed by atoms with van der Waals surface area (Å²) in [6.45, 7) is 0.815. The number of carbonyl (C=O) groups excluding carboxylic acids is 1. The van der Waals surface area contributed by atoms with Crippen LogP contribution in [0.5, 0.6) is 0 Å². The van der Waals surface area contributed by atoms with Crippen LogP contribution in [0.15, 0.2) is 39.4 Å². The van der Waals surface area contributed by atoms with Gasteiger partial charge >= 0.3 is 0 Å². The van der Waals surface area contributed by atoms with Gasteiger partial charge in [0.2, 0.25) is 0 Å². The summed E-state index contributed by atoms with van der Waals surface area (Å²) < 4.78 is 1.03. The van der Waals surface area contributed by atoms with Crippen LogP contribution in [0.3, 0.4) is 0 Å². The van der Waals surface area contributed by atoms with E-state index in [1.165, 1.54) is 6.42 Å². The second-order valence-corrected chi connectivity index (χ2v) is 5.79. The Bertz CT molecular complexity index is 560. The molecule has 2 aliphatic rings. The molecule has 1 aromatic carbocycles. The van der Waals surface area contributed by atoms with E-state index in [-0.39, 0.29) is 5.91 Å². The van der Waals surface area contributed by atoms with Crippen LogP contribution >= 0.6 is 15.9 Å². The number of hydrogen-bond donors (Lipinski definition) is 0. The monoisotopic (exact) mass is 318 g/mol. The first-order valence-electron chi connectivity index (χ1n) is 6.61. The average molecular weight is 319 g/mol. The standard InChI is InChI=1S/C15H15BrN2O/c16-12-7-5-11(6-8-12)10-13-15(19)18-9-3-1-2-4-14(18)17-13/h5-8,10H,1-4,9H2. The van der Waals surface area contributed by atoms with E-state index >= 15 is 0 Å². The molecule has 1 aromatic rings. The predicted molar refractivity (Wildman–Crippen MR) is 79.7 cm³/mol. The molecule has 4 heteroatoms. The minimum atomic E-state index is 0.0554. The molecule has 3 nitrogen and oxygen atoms in total. The fourth-order valence-electron chi connectivity index (χ4n) is 2.46. The lowest BCUT2D eigenvalue weighted by atomic mass is 10.2. The van der Waals surface area contributed by atoms with Crippen LogP contribution in [0.25, 0.3) is 6.08 Å². The molecule has 0 radical (unpaired) electrons. The van der Waals surface area contributed by atoms with Crippen LogP contribution in [-0.4, -0.2) is 23.2 Å². The third-order valence-electron chi connectivity index (χ3n) is 3.48. The zero-order valence-corrected chi connectivity index (χ0v) is 12.2. The Kier molecular flexibility index (Phi) is 3.51. The lowest BCUT2D eigenvalue weighted by Gasteiger charge is -2.13. The number of rotatable bonds is 1. The summed E-state index contributed by atoms with van der Waals surface area (Å²) in [5.41, 5.74) is 1.58. The molecule has 0 atom stereocenters. The fourth-order valence-corrected chi connectivity index (χ4v) is 2.73. The van der Waals surface area contributed by atoms with Crippen molar-refractivity contribution in [3.63, 3.8) is 0 Å². The van der Waals surface area contributed by atoms with Gasteiger partial charge in [-0.25, -0.2) is 4.99 Å². The fraction of sp³-hybridized carbons (Fsp3) is 0.333. The molecule has 0 saturated carbocycles. The number of hydrogen-bond acceptors (Lipinski definition) is 2. The van der Waals surface area contributed by atoms with Crippen molar-refractivity contribution in [3.8, 4) is 0 Å². The highest BCUT2D eigenvalue weighted by Crippen LogP contribution is 2.24. The van der Waals surface area contributed by atoms with E-state index in [4.69, 9.17) is 0 Å². The number of amides is 1. The summed E-state index contributed by atoms with van der Waals surface area (Å²) in [5.74, 6) is 1.01. The number of benzene rings is 1. The van der Waals surface area contributed by atoms with Crippen LogP contribution < -0.4 is 0 Å². The molecule has 98 valence electrons. The Morgan fingerprint density at radius 3 is 2.74 bits per heavy atom. The summed E-state index contributed by atoms with van der Waals surface area (Å²) in [7, 11) is 0. The molecule has 0 N–H and O–H groups in total. The van der Waals surface area contributed by atoms with E-state index in [2.05, 4.69) is 20.9 Å². The van der Waals surface area contributed by atoms with Gasteiger partial charge in [0.05, 0.1) is 0 Å². The third-order valence-corrected chi connectivity index (χ3v) is 4.01. The minimum absolute atomic E-state index is 0.0554. The van der Waals surface area contributed by atoms with Crippen LogP contribution in [0, 0.1) is 0 Å². The van der Waals surface area contributed by atoms with Gasteiger partial charge in [-0.2, -0.15) is 0 Å². The van der Waals surface area contributed by atoms with E-state index in [0.717, 1.165) is 41.7 Å².